The lowest BCUT2D eigenvalue weighted by atomic mass is 9.89. The van der Waals surface area contributed by atoms with Crippen molar-refractivity contribution in [2.24, 2.45) is 5.92 Å². The Labute approximate surface area is 171 Å². The van der Waals surface area contributed by atoms with E-state index in [0.717, 1.165) is 12.0 Å². The monoisotopic (exact) mass is 385 g/mol. The smallest absolute Gasteiger partial charge is 0.0124 e. The zero-order valence-corrected chi connectivity index (χ0v) is 18.7. The Morgan fingerprint density at radius 2 is 1.15 bits per heavy atom. The number of unbranched alkanes of at least 4 members (excludes halogenated alkanes) is 13. The average Bonchev–Trinajstić information content (AvgIpc) is 3.05. The molecule has 2 fully saturated rings. The Morgan fingerprint density at radius 1 is 0.615 bits per heavy atom. The molecule has 0 aromatic carbocycles. The minimum absolute atomic E-state index is 0. The average molecular weight is 386 g/mol. The molecule has 156 valence electrons. The fourth-order valence-corrected chi connectivity index (χ4v) is 5.29. The number of piperidine rings is 1. The maximum absolute atomic E-state index is 2.80. The van der Waals surface area contributed by atoms with Crippen molar-refractivity contribution in [1.82, 2.24) is 4.90 Å². The van der Waals surface area contributed by atoms with Crippen molar-refractivity contribution in [3.8, 4) is 0 Å². The lowest BCUT2D eigenvalue weighted by Crippen LogP contribution is -2.36. The van der Waals surface area contributed by atoms with E-state index >= 15 is 0 Å². The Hall–Kier alpha value is 0.250. The molecule has 0 spiro atoms. The van der Waals surface area contributed by atoms with Crippen LogP contribution in [-0.2, 0) is 0 Å². The summed E-state index contributed by atoms with van der Waals surface area (Å²) < 4.78 is 0. The van der Waals surface area contributed by atoms with Crippen LogP contribution in [0, 0.1) is 5.92 Å². The maximum Gasteiger partial charge on any atom is 0.0124 e. The van der Waals surface area contributed by atoms with E-state index in [2.05, 4.69) is 11.8 Å². The van der Waals surface area contributed by atoms with Gasteiger partial charge in [-0.05, 0) is 44.7 Å². The molecule has 2 unspecified atom stereocenters. The molecule has 2 aliphatic rings. The summed E-state index contributed by atoms with van der Waals surface area (Å²) in [6.07, 6.45) is 28.2. The van der Waals surface area contributed by atoms with E-state index in [1.807, 2.05) is 0 Å². The highest BCUT2D eigenvalue weighted by molar-refractivity contribution is 5.85. The standard InChI is InChI=1S/C24H47N.ClH/c1-2-3-4-5-6-7-8-9-10-11-12-13-14-15-18-23-20-22-25-21-17-16-19-24(23)25;/h23-24H,2-22H2,1H3;1H. The van der Waals surface area contributed by atoms with Crippen LogP contribution in [0.25, 0.3) is 0 Å². The van der Waals surface area contributed by atoms with Gasteiger partial charge in [-0.3, -0.25) is 0 Å². The van der Waals surface area contributed by atoms with Gasteiger partial charge in [0.25, 0.3) is 0 Å². The Morgan fingerprint density at radius 3 is 1.73 bits per heavy atom. The van der Waals surface area contributed by atoms with E-state index in [1.165, 1.54) is 135 Å². The molecule has 0 N–H and O–H groups in total. The fourth-order valence-electron chi connectivity index (χ4n) is 5.29. The van der Waals surface area contributed by atoms with Crippen LogP contribution in [-0.4, -0.2) is 24.0 Å². The second kappa shape index (κ2) is 16.2. The van der Waals surface area contributed by atoms with Gasteiger partial charge in [0.15, 0.2) is 0 Å². The van der Waals surface area contributed by atoms with Crippen LogP contribution in [0.1, 0.15) is 129 Å². The van der Waals surface area contributed by atoms with Crippen LogP contribution in [0.5, 0.6) is 0 Å². The molecular weight excluding hydrogens is 338 g/mol. The summed E-state index contributed by atoms with van der Waals surface area (Å²) >= 11 is 0. The molecule has 2 aliphatic heterocycles. The van der Waals surface area contributed by atoms with Gasteiger partial charge < -0.3 is 4.90 Å². The molecule has 26 heavy (non-hydrogen) atoms. The SMILES string of the molecule is CCCCCCCCCCCCCCCCC1CCN2CCCCC12.Cl. The summed E-state index contributed by atoms with van der Waals surface area (Å²) in [5.74, 6) is 1.05. The molecule has 0 amide bonds. The van der Waals surface area contributed by atoms with Gasteiger partial charge in [0.05, 0.1) is 0 Å². The summed E-state index contributed by atoms with van der Waals surface area (Å²) in [6, 6.07) is 0.982. The lowest BCUT2D eigenvalue weighted by molar-refractivity contribution is 0.167. The summed E-state index contributed by atoms with van der Waals surface area (Å²) in [4.78, 5) is 2.80. The summed E-state index contributed by atoms with van der Waals surface area (Å²) in [7, 11) is 0. The van der Waals surface area contributed by atoms with Crippen molar-refractivity contribution < 1.29 is 0 Å². The van der Waals surface area contributed by atoms with Crippen LogP contribution in [0.2, 0.25) is 0 Å². The number of halogens is 1. The predicted octanol–water partition coefficient (Wildman–Crippen LogP) is 8.15. The summed E-state index contributed by atoms with van der Waals surface area (Å²) in [6.45, 7) is 5.12. The topological polar surface area (TPSA) is 3.24 Å². The molecule has 2 atom stereocenters. The van der Waals surface area contributed by atoms with Crippen molar-refractivity contribution in [2.75, 3.05) is 13.1 Å². The first kappa shape index (κ1) is 24.3. The highest BCUT2D eigenvalue weighted by Gasteiger charge is 2.34. The first-order chi connectivity index (χ1) is 12.4. The number of rotatable bonds is 15. The fraction of sp³-hybridized carbons (Fsp3) is 1.00. The van der Waals surface area contributed by atoms with Crippen molar-refractivity contribution in [1.29, 1.82) is 0 Å². The first-order valence-electron chi connectivity index (χ1n) is 12.2. The minimum atomic E-state index is 0. The molecule has 2 heterocycles. The predicted molar refractivity (Wildman–Crippen MR) is 119 cm³/mol. The number of fused-ring (bicyclic) bond motifs is 1. The Balaban J connectivity index is 0.00000338. The third-order valence-corrected chi connectivity index (χ3v) is 6.92. The van der Waals surface area contributed by atoms with Crippen LogP contribution >= 0.6 is 12.4 Å². The number of hydrogen-bond acceptors (Lipinski definition) is 1. The second-order valence-electron chi connectivity index (χ2n) is 9.03. The van der Waals surface area contributed by atoms with Gasteiger partial charge in [-0.15, -0.1) is 12.4 Å². The van der Waals surface area contributed by atoms with Crippen molar-refractivity contribution in [3.05, 3.63) is 0 Å². The third-order valence-electron chi connectivity index (χ3n) is 6.92. The van der Waals surface area contributed by atoms with Gasteiger partial charge in [0, 0.05) is 6.04 Å². The van der Waals surface area contributed by atoms with Gasteiger partial charge in [-0.1, -0.05) is 103 Å². The summed E-state index contributed by atoms with van der Waals surface area (Å²) in [5, 5.41) is 0. The van der Waals surface area contributed by atoms with Crippen LogP contribution in [0.15, 0.2) is 0 Å². The number of hydrogen-bond donors (Lipinski definition) is 0. The first-order valence-corrected chi connectivity index (χ1v) is 12.2. The molecule has 1 nitrogen and oxygen atoms in total. The molecule has 2 rings (SSSR count). The lowest BCUT2D eigenvalue weighted by Gasteiger charge is -2.32. The third kappa shape index (κ3) is 9.98. The molecule has 0 bridgehead atoms. The Kier molecular flexibility index (Phi) is 15.2. The number of nitrogens with zero attached hydrogens (tertiary/aromatic N) is 1. The van der Waals surface area contributed by atoms with Crippen LogP contribution in [0.3, 0.4) is 0 Å². The molecule has 0 aromatic rings. The second-order valence-corrected chi connectivity index (χ2v) is 9.03. The minimum Gasteiger partial charge on any atom is -0.300 e. The zero-order chi connectivity index (χ0) is 17.6. The quantitative estimate of drug-likeness (QED) is 0.257. The molecule has 2 saturated heterocycles. The summed E-state index contributed by atoms with van der Waals surface area (Å²) in [5.41, 5.74) is 0. The van der Waals surface area contributed by atoms with Crippen LogP contribution < -0.4 is 0 Å². The Bertz CT molecular complexity index is 307. The molecule has 0 radical (unpaired) electrons. The van der Waals surface area contributed by atoms with E-state index in [1.54, 1.807) is 0 Å². The van der Waals surface area contributed by atoms with Gasteiger partial charge in [0.2, 0.25) is 0 Å². The highest BCUT2D eigenvalue weighted by atomic mass is 35.5. The van der Waals surface area contributed by atoms with E-state index in [9.17, 15) is 0 Å². The van der Waals surface area contributed by atoms with E-state index in [4.69, 9.17) is 0 Å². The largest absolute Gasteiger partial charge is 0.300 e. The van der Waals surface area contributed by atoms with E-state index in [-0.39, 0.29) is 12.4 Å². The van der Waals surface area contributed by atoms with Crippen molar-refractivity contribution in [2.45, 2.75) is 135 Å². The molecule has 0 saturated carbocycles. The molecular formula is C24H48ClN. The van der Waals surface area contributed by atoms with Crippen molar-refractivity contribution >= 4 is 12.4 Å². The van der Waals surface area contributed by atoms with Gasteiger partial charge in [0.1, 0.15) is 0 Å². The normalized spacial score (nSPS) is 23.0. The van der Waals surface area contributed by atoms with Gasteiger partial charge >= 0.3 is 0 Å². The molecule has 0 aromatic heterocycles. The van der Waals surface area contributed by atoms with Crippen LogP contribution in [0.4, 0.5) is 0 Å². The van der Waals surface area contributed by atoms with Crippen molar-refractivity contribution in [3.63, 3.8) is 0 Å². The van der Waals surface area contributed by atoms with E-state index in [0.29, 0.717) is 0 Å². The molecule has 0 aliphatic carbocycles. The van der Waals surface area contributed by atoms with Gasteiger partial charge in [-0.2, -0.15) is 0 Å². The van der Waals surface area contributed by atoms with E-state index < -0.39 is 0 Å². The highest BCUT2D eigenvalue weighted by Crippen LogP contribution is 2.34. The maximum atomic E-state index is 2.80. The van der Waals surface area contributed by atoms with Gasteiger partial charge in [-0.25, -0.2) is 0 Å². The molecule has 2 heteroatoms. The zero-order valence-electron chi connectivity index (χ0n) is 17.9.